The number of ether oxygens (including phenoxy) is 3. The normalized spacial score (nSPS) is 10.7. The van der Waals surface area contributed by atoms with Gasteiger partial charge in [-0.2, -0.15) is 5.10 Å². The third kappa shape index (κ3) is 6.83. The maximum Gasteiger partial charge on any atom is 0.345 e. The molecule has 3 rings (SSSR count). The summed E-state index contributed by atoms with van der Waals surface area (Å²) in [6.07, 6.45) is 3.50. The number of amides is 1. The fourth-order valence-electron chi connectivity index (χ4n) is 2.90. The predicted molar refractivity (Wildman–Crippen MR) is 131 cm³/mol. The maximum absolute atomic E-state index is 12.4. The minimum atomic E-state index is -0.598. The topological polar surface area (TPSA) is 86.2 Å². The van der Waals surface area contributed by atoms with E-state index in [4.69, 9.17) is 25.8 Å². The molecule has 1 N–H and O–H groups in total. The molecule has 3 aromatic rings. The van der Waals surface area contributed by atoms with E-state index in [2.05, 4.69) is 17.5 Å². The first kappa shape index (κ1) is 24.8. The lowest BCUT2D eigenvalue weighted by Crippen LogP contribution is -2.17. The van der Waals surface area contributed by atoms with Crippen LogP contribution in [0.2, 0.25) is 5.02 Å². The van der Waals surface area contributed by atoms with Crippen molar-refractivity contribution >= 4 is 29.7 Å². The monoisotopic (exact) mass is 480 g/mol. The van der Waals surface area contributed by atoms with Crippen LogP contribution in [-0.2, 0) is 0 Å². The Morgan fingerprint density at radius 3 is 2.50 bits per heavy atom. The summed E-state index contributed by atoms with van der Waals surface area (Å²) in [7, 11) is 1.46. The van der Waals surface area contributed by atoms with Gasteiger partial charge in [-0.25, -0.2) is 10.2 Å². The van der Waals surface area contributed by atoms with Crippen molar-refractivity contribution in [3.63, 3.8) is 0 Å². The van der Waals surface area contributed by atoms with Gasteiger partial charge in [0.05, 0.1) is 30.5 Å². The number of hydrazone groups is 1. The molecule has 0 atom stereocenters. The van der Waals surface area contributed by atoms with E-state index in [-0.39, 0.29) is 17.2 Å². The van der Waals surface area contributed by atoms with Gasteiger partial charge in [0.1, 0.15) is 5.75 Å². The Morgan fingerprint density at radius 2 is 1.79 bits per heavy atom. The van der Waals surface area contributed by atoms with Crippen LogP contribution < -0.4 is 19.6 Å². The Hall–Kier alpha value is -3.84. The summed E-state index contributed by atoms with van der Waals surface area (Å²) in [5.74, 6) is 0.327. The van der Waals surface area contributed by atoms with Crippen LogP contribution in [0.25, 0.3) is 0 Å². The van der Waals surface area contributed by atoms with E-state index in [0.29, 0.717) is 28.5 Å². The lowest BCUT2D eigenvalue weighted by Gasteiger charge is -2.10. The summed E-state index contributed by atoms with van der Waals surface area (Å²) in [6, 6.07) is 18.4. The van der Waals surface area contributed by atoms with Gasteiger partial charge in [-0.05, 0) is 66.6 Å². The fraction of sp³-hybridized carbons (Fsp3) is 0.192. The minimum absolute atomic E-state index is 0.231. The van der Waals surface area contributed by atoms with Gasteiger partial charge in [-0.15, -0.1) is 0 Å². The molecular weight excluding hydrogens is 456 g/mol. The van der Waals surface area contributed by atoms with Gasteiger partial charge in [0.2, 0.25) is 0 Å². The molecule has 3 aromatic carbocycles. The Morgan fingerprint density at radius 1 is 1.03 bits per heavy atom. The number of nitrogens with zero attached hydrogens (tertiary/aromatic N) is 1. The molecule has 0 aliphatic rings. The van der Waals surface area contributed by atoms with E-state index < -0.39 is 5.97 Å². The molecule has 0 radical (unpaired) electrons. The third-order valence-electron chi connectivity index (χ3n) is 4.75. The van der Waals surface area contributed by atoms with Crippen molar-refractivity contribution in [2.24, 2.45) is 5.10 Å². The smallest absolute Gasteiger partial charge is 0.345 e. The first-order valence-corrected chi connectivity index (χ1v) is 11.1. The number of hydrogen-bond donors (Lipinski definition) is 1. The number of esters is 1. The average molecular weight is 481 g/mol. The van der Waals surface area contributed by atoms with Crippen molar-refractivity contribution in [3.05, 3.63) is 88.4 Å². The molecule has 0 bridgehead atoms. The highest BCUT2D eigenvalue weighted by Crippen LogP contribution is 2.29. The zero-order valence-electron chi connectivity index (χ0n) is 18.9. The standard InChI is InChI=1S/C26H25ClN2O5/c1-3-4-15-33-20-12-10-19(11-13-20)25(30)29-28-17-18-9-14-23(24(16-18)32-2)34-26(31)21-7-5-6-8-22(21)27/h5-14,16-17H,3-4,15H2,1-2H3,(H,29,30)/b28-17-. The minimum Gasteiger partial charge on any atom is -0.494 e. The predicted octanol–water partition coefficient (Wildman–Crippen LogP) is 5.51. The van der Waals surface area contributed by atoms with E-state index in [9.17, 15) is 9.59 Å². The van der Waals surface area contributed by atoms with Crippen LogP contribution in [0.4, 0.5) is 0 Å². The van der Waals surface area contributed by atoms with E-state index in [0.717, 1.165) is 18.6 Å². The molecule has 0 spiro atoms. The molecule has 0 saturated heterocycles. The average Bonchev–Trinajstić information content (AvgIpc) is 2.85. The van der Waals surface area contributed by atoms with Gasteiger partial charge in [0.25, 0.3) is 5.91 Å². The third-order valence-corrected chi connectivity index (χ3v) is 5.08. The fourth-order valence-corrected chi connectivity index (χ4v) is 3.11. The number of carbonyl (C=O) groups is 2. The summed E-state index contributed by atoms with van der Waals surface area (Å²) < 4.78 is 16.3. The molecule has 0 saturated carbocycles. The van der Waals surface area contributed by atoms with Crippen molar-refractivity contribution in [2.45, 2.75) is 19.8 Å². The van der Waals surface area contributed by atoms with Crippen LogP contribution in [0.5, 0.6) is 17.2 Å². The van der Waals surface area contributed by atoms with Crippen LogP contribution in [0.3, 0.4) is 0 Å². The zero-order chi connectivity index (χ0) is 24.3. The maximum atomic E-state index is 12.4. The second-order valence-corrected chi connectivity index (χ2v) is 7.61. The summed E-state index contributed by atoms with van der Waals surface area (Å²) in [5, 5.41) is 4.29. The van der Waals surface area contributed by atoms with Crippen LogP contribution in [0.1, 0.15) is 46.0 Å². The molecule has 0 unspecified atom stereocenters. The Kier molecular flexibility index (Phi) is 9.05. The van der Waals surface area contributed by atoms with Crippen molar-refractivity contribution in [3.8, 4) is 17.2 Å². The van der Waals surface area contributed by atoms with Crippen LogP contribution in [-0.4, -0.2) is 31.8 Å². The van der Waals surface area contributed by atoms with Crippen molar-refractivity contribution < 1.29 is 23.8 Å². The Bertz CT molecular complexity index is 1160. The Balaban J connectivity index is 1.60. The van der Waals surface area contributed by atoms with Gasteiger partial charge >= 0.3 is 5.97 Å². The van der Waals surface area contributed by atoms with Crippen molar-refractivity contribution in [1.29, 1.82) is 0 Å². The van der Waals surface area contributed by atoms with E-state index >= 15 is 0 Å². The molecule has 176 valence electrons. The van der Waals surface area contributed by atoms with Crippen LogP contribution in [0, 0.1) is 0 Å². The molecule has 0 aliphatic carbocycles. The van der Waals surface area contributed by atoms with E-state index in [1.54, 1.807) is 66.7 Å². The van der Waals surface area contributed by atoms with Crippen molar-refractivity contribution in [1.82, 2.24) is 5.43 Å². The highest BCUT2D eigenvalue weighted by Gasteiger charge is 2.15. The van der Waals surface area contributed by atoms with E-state index in [1.165, 1.54) is 13.3 Å². The number of hydrogen-bond acceptors (Lipinski definition) is 6. The number of rotatable bonds is 10. The molecule has 0 fully saturated rings. The van der Waals surface area contributed by atoms with Crippen LogP contribution in [0.15, 0.2) is 71.8 Å². The number of nitrogens with one attached hydrogen (secondary N) is 1. The van der Waals surface area contributed by atoms with Crippen LogP contribution >= 0.6 is 11.6 Å². The van der Waals surface area contributed by atoms with Gasteiger partial charge in [-0.3, -0.25) is 4.79 Å². The SMILES string of the molecule is CCCCOc1ccc(C(=O)N/N=C\c2ccc(OC(=O)c3ccccc3Cl)c(OC)c2)cc1. The highest BCUT2D eigenvalue weighted by molar-refractivity contribution is 6.33. The Labute approximate surface area is 203 Å². The van der Waals surface area contributed by atoms with Gasteiger partial charge in [-0.1, -0.05) is 37.1 Å². The quantitative estimate of drug-likeness (QED) is 0.136. The summed E-state index contributed by atoms with van der Waals surface area (Å²) >= 11 is 6.05. The summed E-state index contributed by atoms with van der Waals surface area (Å²) in [6.45, 7) is 2.74. The number of carbonyl (C=O) groups excluding carboxylic acids is 2. The number of halogens is 1. The lowest BCUT2D eigenvalue weighted by atomic mass is 10.2. The number of benzene rings is 3. The summed E-state index contributed by atoms with van der Waals surface area (Å²) in [4.78, 5) is 24.7. The first-order chi connectivity index (χ1) is 16.5. The molecule has 0 aliphatic heterocycles. The molecule has 1 amide bonds. The molecule has 8 heteroatoms. The van der Waals surface area contributed by atoms with Gasteiger partial charge < -0.3 is 14.2 Å². The second-order valence-electron chi connectivity index (χ2n) is 7.21. The number of methoxy groups -OCH3 is 1. The van der Waals surface area contributed by atoms with E-state index in [1.807, 2.05) is 0 Å². The highest BCUT2D eigenvalue weighted by atomic mass is 35.5. The number of unbranched alkanes of at least 4 members (excludes halogenated alkanes) is 1. The molecule has 34 heavy (non-hydrogen) atoms. The zero-order valence-corrected chi connectivity index (χ0v) is 19.7. The summed E-state index contributed by atoms with van der Waals surface area (Å²) in [5.41, 5.74) is 3.82. The second kappa shape index (κ2) is 12.4. The molecule has 7 nitrogen and oxygen atoms in total. The van der Waals surface area contributed by atoms with Gasteiger partial charge in [0.15, 0.2) is 11.5 Å². The van der Waals surface area contributed by atoms with Gasteiger partial charge in [0, 0.05) is 5.56 Å². The van der Waals surface area contributed by atoms with Crippen molar-refractivity contribution in [2.75, 3.05) is 13.7 Å². The molecule has 0 heterocycles. The molecular formula is C26H25ClN2O5. The molecule has 0 aromatic heterocycles. The largest absolute Gasteiger partial charge is 0.494 e. The lowest BCUT2D eigenvalue weighted by molar-refractivity contribution is 0.0729. The first-order valence-electron chi connectivity index (χ1n) is 10.7.